The first-order chi connectivity index (χ1) is 11.2. The monoisotopic (exact) mass is 447 g/mol. The molecule has 2 rings (SSSR count). The summed E-state index contributed by atoms with van der Waals surface area (Å²) in [6.07, 6.45) is 1.80. The van der Waals surface area contributed by atoms with Gasteiger partial charge in [0.15, 0.2) is 5.96 Å². The van der Waals surface area contributed by atoms with E-state index in [-0.39, 0.29) is 24.0 Å². The van der Waals surface area contributed by atoms with Crippen molar-refractivity contribution in [2.75, 3.05) is 32.8 Å². The molecule has 6 nitrogen and oxygen atoms in total. The Morgan fingerprint density at radius 1 is 1.46 bits per heavy atom. The largest absolute Gasteiger partial charge is 0.379 e. The van der Waals surface area contributed by atoms with Gasteiger partial charge in [0, 0.05) is 37.9 Å². The van der Waals surface area contributed by atoms with Crippen LogP contribution in [0.15, 0.2) is 29.4 Å². The van der Waals surface area contributed by atoms with Crippen LogP contribution in [0.4, 0.5) is 0 Å². The minimum absolute atomic E-state index is 0. The van der Waals surface area contributed by atoms with E-state index in [0.717, 1.165) is 44.5 Å². The minimum Gasteiger partial charge on any atom is -0.379 e. The number of hydrogen-bond donors (Lipinski definition) is 2. The number of hydrogen-bond acceptors (Lipinski definition) is 4. The van der Waals surface area contributed by atoms with Crippen LogP contribution in [-0.2, 0) is 11.3 Å². The molecule has 1 fully saturated rings. The topological polar surface area (TPSA) is 61.8 Å². The molecule has 0 spiro atoms. The highest BCUT2D eigenvalue weighted by Crippen LogP contribution is 2.10. The van der Waals surface area contributed by atoms with Gasteiger partial charge >= 0.3 is 0 Å². The Balaban J connectivity index is 0.00000288. The lowest BCUT2D eigenvalue weighted by Crippen LogP contribution is -2.53. The second kappa shape index (κ2) is 11.6. The lowest BCUT2D eigenvalue weighted by molar-refractivity contribution is -0.0174. The fourth-order valence-corrected chi connectivity index (χ4v) is 2.75. The third-order valence-corrected chi connectivity index (χ3v) is 4.02. The molecule has 2 unspecified atom stereocenters. The number of aromatic nitrogens is 1. The summed E-state index contributed by atoms with van der Waals surface area (Å²) in [5, 5.41) is 6.73. The molecule has 1 aliphatic rings. The van der Waals surface area contributed by atoms with Crippen molar-refractivity contribution in [1.82, 2.24) is 20.5 Å². The average Bonchev–Trinajstić information content (AvgIpc) is 2.58. The van der Waals surface area contributed by atoms with Gasteiger partial charge in [-0.15, -0.1) is 24.0 Å². The zero-order chi connectivity index (χ0) is 16.5. The molecule has 0 aliphatic carbocycles. The Labute approximate surface area is 162 Å². The first kappa shape index (κ1) is 21.1. The van der Waals surface area contributed by atoms with Crippen molar-refractivity contribution in [1.29, 1.82) is 0 Å². The maximum absolute atomic E-state index is 5.51. The van der Waals surface area contributed by atoms with Gasteiger partial charge in [0.05, 0.1) is 25.5 Å². The highest BCUT2D eigenvalue weighted by atomic mass is 127. The maximum atomic E-state index is 5.51. The third-order valence-electron chi connectivity index (χ3n) is 4.02. The molecular weight excluding hydrogens is 417 g/mol. The SMILES string of the molecule is CCNC(=NCc1ccccn1)NCC(C)N1CCOCC1C.I. The smallest absolute Gasteiger partial charge is 0.191 e. The summed E-state index contributed by atoms with van der Waals surface area (Å²) in [4.78, 5) is 11.4. The average molecular weight is 447 g/mol. The van der Waals surface area contributed by atoms with Gasteiger partial charge in [-0.3, -0.25) is 9.88 Å². The molecule has 2 heterocycles. The predicted octanol–water partition coefficient (Wildman–Crippen LogP) is 1.86. The normalized spacial score (nSPS) is 20.1. The van der Waals surface area contributed by atoms with Gasteiger partial charge in [-0.25, -0.2) is 4.99 Å². The highest BCUT2D eigenvalue weighted by molar-refractivity contribution is 14.0. The minimum atomic E-state index is 0. The molecule has 2 N–H and O–H groups in total. The number of nitrogens with one attached hydrogen (secondary N) is 2. The van der Waals surface area contributed by atoms with Crippen LogP contribution in [0.5, 0.6) is 0 Å². The fraction of sp³-hybridized carbons (Fsp3) is 0.647. The number of rotatable bonds is 6. The van der Waals surface area contributed by atoms with E-state index < -0.39 is 0 Å². The second-order valence-electron chi connectivity index (χ2n) is 5.91. The van der Waals surface area contributed by atoms with E-state index in [2.05, 4.69) is 46.3 Å². The van der Waals surface area contributed by atoms with Crippen LogP contribution in [0, 0.1) is 0 Å². The summed E-state index contributed by atoms with van der Waals surface area (Å²) in [7, 11) is 0. The highest BCUT2D eigenvalue weighted by Gasteiger charge is 2.23. The molecule has 0 aromatic carbocycles. The molecule has 1 saturated heterocycles. The Morgan fingerprint density at radius 2 is 2.29 bits per heavy atom. The Morgan fingerprint density at radius 3 is 2.96 bits per heavy atom. The zero-order valence-electron chi connectivity index (χ0n) is 14.9. The zero-order valence-corrected chi connectivity index (χ0v) is 17.2. The standard InChI is InChI=1S/C17H29N5O.HI/c1-4-18-17(21-12-16-7-5-6-8-19-16)20-11-14(2)22-9-10-23-13-15(22)3;/h5-8,14-15H,4,9-13H2,1-3H3,(H2,18,20,21);1H. The molecule has 1 aromatic rings. The van der Waals surface area contributed by atoms with E-state index in [9.17, 15) is 0 Å². The molecule has 0 amide bonds. The summed E-state index contributed by atoms with van der Waals surface area (Å²) < 4.78 is 5.51. The van der Waals surface area contributed by atoms with Gasteiger partial charge in [0.25, 0.3) is 0 Å². The van der Waals surface area contributed by atoms with E-state index in [1.165, 1.54) is 0 Å². The van der Waals surface area contributed by atoms with E-state index in [1.807, 2.05) is 18.2 Å². The van der Waals surface area contributed by atoms with Crippen molar-refractivity contribution in [2.45, 2.75) is 39.4 Å². The molecule has 7 heteroatoms. The van der Waals surface area contributed by atoms with E-state index in [4.69, 9.17) is 4.74 Å². The number of pyridine rings is 1. The molecular formula is C17H30IN5O. The molecule has 136 valence electrons. The van der Waals surface area contributed by atoms with Crippen molar-refractivity contribution in [2.24, 2.45) is 4.99 Å². The predicted molar refractivity (Wildman–Crippen MR) is 109 cm³/mol. The maximum Gasteiger partial charge on any atom is 0.191 e. The first-order valence-electron chi connectivity index (χ1n) is 8.46. The van der Waals surface area contributed by atoms with Crippen molar-refractivity contribution in [3.8, 4) is 0 Å². The van der Waals surface area contributed by atoms with Gasteiger partial charge in [0.1, 0.15) is 0 Å². The van der Waals surface area contributed by atoms with E-state index in [1.54, 1.807) is 6.20 Å². The summed E-state index contributed by atoms with van der Waals surface area (Å²) in [5.74, 6) is 0.839. The van der Waals surface area contributed by atoms with Gasteiger partial charge in [-0.1, -0.05) is 6.07 Å². The van der Waals surface area contributed by atoms with Crippen LogP contribution in [0.1, 0.15) is 26.5 Å². The molecule has 2 atom stereocenters. The van der Waals surface area contributed by atoms with Gasteiger partial charge < -0.3 is 15.4 Å². The van der Waals surface area contributed by atoms with Gasteiger partial charge in [-0.05, 0) is 32.9 Å². The van der Waals surface area contributed by atoms with Crippen molar-refractivity contribution in [3.05, 3.63) is 30.1 Å². The molecule has 1 aromatic heterocycles. The summed E-state index contributed by atoms with van der Waals surface area (Å²) >= 11 is 0. The lowest BCUT2D eigenvalue weighted by Gasteiger charge is -2.38. The summed E-state index contributed by atoms with van der Waals surface area (Å²) in [6.45, 7) is 11.5. The first-order valence-corrected chi connectivity index (χ1v) is 8.46. The lowest BCUT2D eigenvalue weighted by atomic mass is 10.2. The van der Waals surface area contributed by atoms with E-state index >= 15 is 0 Å². The van der Waals surface area contributed by atoms with E-state index in [0.29, 0.717) is 18.6 Å². The Hall–Kier alpha value is -0.930. The Bertz CT molecular complexity index is 485. The molecule has 0 saturated carbocycles. The number of aliphatic imine (C=N–C) groups is 1. The third kappa shape index (κ3) is 6.90. The van der Waals surface area contributed by atoms with Crippen LogP contribution < -0.4 is 10.6 Å². The number of guanidine groups is 1. The van der Waals surface area contributed by atoms with Crippen LogP contribution in [0.3, 0.4) is 0 Å². The summed E-state index contributed by atoms with van der Waals surface area (Å²) in [5.41, 5.74) is 0.972. The van der Waals surface area contributed by atoms with Crippen molar-refractivity contribution < 1.29 is 4.74 Å². The number of halogens is 1. The van der Waals surface area contributed by atoms with Crippen LogP contribution in [0.25, 0.3) is 0 Å². The molecule has 0 radical (unpaired) electrons. The molecule has 1 aliphatic heterocycles. The number of ether oxygens (including phenoxy) is 1. The fourth-order valence-electron chi connectivity index (χ4n) is 2.75. The molecule has 0 bridgehead atoms. The van der Waals surface area contributed by atoms with Crippen LogP contribution in [-0.4, -0.2) is 60.8 Å². The van der Waals surface area contributed by atoms with Crippen LogP contribution in [0.2, 0.25) is 0 Å². The second-order valence-corrected chi connectivity index (χ2v) is 5.91. The van der Waals surface area contributed by atoms with Gasteiger partial charge in [-0.2, -0.15) is 0 Å². The quantitative estimate of drug-likeness (QED) is 0.396. The van der Waals surface area contributed by atoms with Crippen molar-refractivity contribution in [3.63, 3.8) is 0 Å². The number of nitrogens with zero attached hydrogens (tertiary/aromatic N) is 3. The Kier molecular flexibility index (Phi) is 10.2. The van der Waals surface area contributed by atoms with Crippen LogP contribution >= 0.6 is 24.0 Å². The molecule has 24 heavy (non-hydrogen) atoms. The van der Waals surface area contributed by atoms with Gasteiger partial charge in [0.2, 0.25) is 0 Å². The summed E-state index contributed by atoms with van der Waals surface area (Å²) in [6, 6.07) is 6.80. The van der Waals surface area contributed by atoms with Crippen molar-refractivity contribution >= 4 is 29.9 Å². The number of morpholine rings is 1.